The second kappa shape index (κ2) is 26.8. The SMILES string of the molecule is Cc1ccc(-c2c3nc(c(-c4ccc(C)cc4)c4ccc([nH]4)c(-c4ccc(C)cc4)c4ccc([nH]4)c(-c4ccc(C)cc4)c4nc2C=C4)C=C3)cc1.Cc1ccc(-c2c3nc(c(-c4ccc(C)cc4)c4ccc([nH]4)c(-c4ccc(C)cc4)c4ccc([nH]4)c(-c4ccc(C)cc4)c4nc2C=C4)C=C3)cc1. The lowest BCUT2D eigenvalue weighted by atomic mass is 10.0. The molecule has 0 amide bonds. The standard InChI is InChI=1S/2C48H38N4/c2*1-29-5-13-33(14-6-29)45-37-21-23-39(49-37)46(34-15-7-30(2)8-16-34)41-25-27-43(51-41)48(36-19-11-32(4)12-20-36)44-28-26-42(52-44)47(40-24-22-38(45)50-40)35-17-9-31(3)10-18-35/h2*5-28,49-50H,1-4H3. The molecule has 8 heteroatoms. The molecule has 6 aromatic heterocycles. The van der Waals surface area contributed by atoms with Gasteiger partial charge in [0.1, 0.15) is 0 Å². The maximum absolute atomic E-state index is 5.40. The van der Waals surface area contributed by atoms with Gasteiger partial charge in [0.25, 0.3) is 0 Å². The number of aryl methyl sites for hydroxylation is 8. The van der Waals surface area contributed by atoms with Gasteiger partial charge in [0, 0.05) is 88.6 Å². The maximum atomic E-state index is 5.40. The van der Waals surface area contributed by atoms with E-state index >= 15 is 0 Å². The maximum Gasteiger partial charge on any atom is 0.0738 e. The molecule has 4 aliphatic rings. The number of nitrogens with one attached hydrogen (secondary N) is 4. The highest BCUT2D eigenvalue weighted by atomic mass is 14.8. The molecular weight excluding hydrogens is 1270 g/mol. The Bertz CT molecular complexity index is 5540. The summed E-state index contributed by atoms with van der Waals surface area (Å²) in [6.07, 6.45) is 17.1. The summed E-state index contributed by atoms with van der Waals surface area (Å²) < 4.78 is 0. The van der Waals surface area contributed by atoms with Crippen molar-refractivity contribution in [2.75, 3.05) is 0 Å². The Balaban J connectivity index is 0.000000154. The second-order valence-electron chi connectivity index (χ2n) is 27.9. The zero-order valence-electron chi connectivity index (χ0n) is 59.5. The van der Waals surface area contributed by atoms with E-state index in [9.17, 15) is 0 Å². The Morgan fingerprint density at radius 1 is 0.144 bits per heavy atom. The third-order valence-electron chi connectivity index (χ3n) is 20.2. The molecule has 500 valence electrons. The van der Waals surface area contributed by atoms with Gasteiger partial charge in [-0.25, -0.2) is 19.9 Å². The van der Waals surface area contributed by atoms with E-state index in [2.05, 4.69) is 367 Å². The number of fused-ring (bicyclic) bond motifs is 16. The molecule has 10 heterocycles. The van der Waals surface area contributed by atoms with Crippen molar-refractivity contribution in [3.8, 4) is 89.0 Å². The molecule has 4 aliphatic heterocycles. The minimum Gasteiger partial charge on any atom is -0.354 e. The molecule has 0 aliphatic carbocycles. The predicted octanol–water partition coefficient (Wildman–Crippen LogP) is 25.1. The summed E-state index contributed by atoms with van der Waals surface area (Å²) >= 11 is 0. The van der Waals surface area contributed by atoms with Gasteiger partial charge in [0.15, 0.2) is 0 Å². The van der Waals surface area contributed by atoms with Gasteiger partial charge in [-0.15, -0.1) is 0 Å². The molecule has 0 saturated heterocycles. The van der Waals surface area contributed by atoms with Gasteiger partial charge in [-0.05, 0) is 197 Å². The molecule has 0 radical (unpaired) electrons. The van der Waals surface area contributed by atoms with E-state index in [4.69, 9.17) is 19.9 Å². The van der Waals surface area contributed by atoms with Crippen LogP contribution in [-0.2, 0) is 0 Å². The van der Waals surface area contributed by atoms with Crippen LogP contribution in [0.1, 0.15) is 90.1 Å². The number of hydrogen-bond acceptors (Lipinski definition) is 4. The van der Waals surface area contributed by atoms with Crippen LogP contribution in [0.15, 0.2) is 243 Å². The summed E-state index contributed by atoms with van der Waals surface area (Å²) in [6.45, 7) is 17.0. The molecular formula is C96H76N8. The van der Waals surface area contributed by atoms with Gasteiger partial charge in [0.05, 0.1) is 45.6 Å². The Hall–Kier alpha value is -13.0. The molecule has 0 fully saturated rings. The lowest BCUT2D eigenvalue weighted by Crippen LogP contribution is -1.91. The second-order valence-corrected chi connectivity index (χ2v) is 27.9. The number of H-pyrrole nitrogens is 4. The molecule has 0 spiro atoms. The minimum absolute atomic E-state index is 0.887. The smallest absolute Gasteiger partial charge is 0.0738 e. The number of aromatic amines is 4. The summed E-state index contributed by atoms with van der Waals surface area (Å²) in [6, 6.07) is 87.3. The molecule has 0 unspecified atom stereocenters. The average Bonchev–Trinajstić information content (AvgIpc) is 1.61. The van der Waals surface area contributed by atoms with Gasteiger partial charge in [0.2, 0.25) is 0 Å². The summed E-state index contributed by atoms with van der Waals surface area (Å²) in [7, 11) is 0. The fourth-order valence-corrected chi connectivity index (χ4v) is 14.6. The number of rotatable bonds is 8. The lowest BCUT2D eigenvalue weighted by Gasteiger charge is -2.08. The van der Waals surface area contributed by atoms with Crippen LogP contribution in [0.25, 0.3) is 182 Å². The normalized spacial score (nSPS) is 12.1. The highest BCUT2D eigenvalue weighted by molar-refractivity contribution is 6.03. The monoisotopic (exact) mass is 1340 g/mol. The Labute approximate surface area is 606 Å². The van der Waals surface area contributed by atoms with Gasteiger partial charge < -0.3 is 19.9 Å². The first-order valence-corrected chi connectivity index (χ1v) is 35.6. The average molecular weight is 1340 g/mol. The van der Waals surface area contributed by atoms with E-state index in [-0.39, 0.29) is 0 Å². The summed E-state index contributed by atoms with van der Waals surface area (Å²) in [5.41, 5.74) is 42.2. The molecule has 104 heavy (non-hydrogen) atoms. The van der Waals surface area contributed by atoms with Gasteiger partial charge >= 0.3 is 0 Å². The van der Waals surface area contributed by atoms with E-state index in [1.807, 2.05) is 0 Å². The highest BCUT2D eigenvalue weighted by Gasteiger charge is 2.23. The number of nitrogens with zero attached hydrogens (tertiary/aromatic N) is 4. The van der Waals surface area contributed by atoms with Crippen molar-refractivity contribution in [3.05, 3.63) is 333 Å². The van der Waals surface area contributed by atoms with Gasteiger partial charge in [-0.2, -0.15) is 0 Å². The number of hydrogen-bond donors (Lipinski definition) is 4. The van der Waals surface area contributed by atoms with Crippen LogP contribution in [0.4, 0.5) is 0 Å². The first-order valence-electron chi connectivity index (χ1n) is 35.6. The van der Waals surface area contributed by atoms with Crippen molar-refractivity contribution in [2.24, 2.45) is 0 Å². The largest absolute Gasteiger partial charge is 0.354 e. The van der Waals surface area contributed by atoms with Crippen molar-refractivity contribution in [1.82, 2.24) is 39.9 Å². The van der Waals surface area contributed by atoms with Crippen molar-refractivity contribution in [2.45, 2.75) is 55.4 Å². The third-order valence-corrected chi connectivity index (χ3v) is 20.2. The molecule has 0 atom stereocenters. The molecule has 4 N–H and O–H groups in total. The predicted molar refractivity (Wildman–Crippen MR) is 439 cm³/mol. The van der Waals surface area contributed by atoms with E-state index in [0.717, 1.165) is 179 Å². The molecule has 8 aromatic carbocycles. The van der Waals surface area contributed by atoms with Gasteiger partial charge in [-0.3, -0.25) is 0 Å². The summed E-state index contributed by atoms with van der Waals surface area (Å²) in [5, 5.41) is 0. The molecule has 16 bridgehead atoms. The Kier molecular flexibility index (Phi) is 16.6. The van der Waals surface area contributed by atoms with Crippen molar-refractivity contribution >= 4 is 92.7 Å². The summed E-state index contributed by atoms with van der Waals surface area (Å²) in [4.78, 5) is 37.0. The highest BCUT2D eigenvalue weighted by Crippen LogP contribution is 2.42. The Morgan fingerprint density at radius 3 is 0.433 bits per heavy atom. The van der Waals surface area contributed by atoms with Crippen LogP contribution in [0.3, 0.4) is 0 Å². The zero-order chi connectivity index (χ0) is 70.7. The molecule has 18 rings (SSSR count). The van der Waals surface area contributed by atoms with E-state index in [1.165, 1.54) is 44.5 Å². The van der Waals surface area contributed by atoms with Crippen LogP contribution in [0.5, 0.6) is 0 Å². The fraction of sp³-hybridized carbons (Fsp3) is 0.0833. The van der Waals surface area contributed by atoms with E-state index in [1.54, 1.807) is 0 Å². The molecule has 0 saturated carbocycles. The van der Waals surface area contributed by atoms with Crippen LogP contribution >= 0.6 is 0 Å². The van der Waals surface area contributed by atoms with E-state index in [0.29, 0.717) is 0 Å². The first kappa shape index (κ1) is 64.3. The summed E-state index contributed by atoms with van der Waals surface area (Å²) in [5.74, 6) is 0. The Morgan fingerprint density at radius 2 is 0.269 bits per heavy atom. The van der Waals surface area contributed by atoms with Crippen LogP contribution < -0.4 is 0 Å². The quantitative estimate of drug-likeness (QED) is 0.121. The lowest BCUT2D eigenvalue weighted by molar-refractivity contribution is 1.27. The molecule has 8 nitrogen and oxygen atoms in total. The first-order chi connectivity index (χ1) is 50.7. The third kappa shape index (κ3) is 12.5. The van der Waals surface area contributed by atoms with Crippen LogP contribution in [0, 0.1) is 55.4 Å². The number of benzene rings is 8. The minimum atomic E-state index is 0.887. The van der Waals surface area contributed by atoms with Crippen molar-refractivity contribution in [3.63, 3.8) is 0 Å². The molecule has 14 aromatic rings. The topological polar surface area (TPSA) is 115 Å². The van der Waals surface area contributed by atoms with Gasteiger partial charge in [-0.1, -0.05) is 239 Å². The fourth-order valence-electron chi connectivity index (χ4n) is 14.6. The zero-order valence-corrected chi connectivity index (χ0v) is 59.5. The van der Waals surface area contributed by atoms with Crippen molar-refractivity contribution in [1.29, 1.82) is 0 Å². The van der Waals surface area contributed by atoms with Crippen LogP contribution in [-0.4, -0.2) is 39.9 Å². The van der Waals surface area contributed by atoms with E-state index < -0.39 is 0 Å². The van der Waals surface area contributed by atoms with Crippen LogP contribution in [0.2, 0.25) is 0 Å². The number of aromatic nitrogens is 8. The van der Waals surface area contributed by atoms with Crippen molar-refractivity contribution < 1.29 is 0 Å².